The first kappa shape index (κ1) is 32.2. The highest BCUT2D eigenvalue weighted by atomic mass is 16.5. The van der Waals surface area contributed by atoms with Gasteiger partial charge in [0.25, 0.3) is 5.56 Å². The number of nitrogens with one attached hydrogen (secondary N) is 2. The molecule has 5 rings (SSSR count). The standard InChI is InChI=1S/C37H47N5O3/c1-7-41(8-2)17-18-45-30-13-9-11-27(19-30)29-20-31(24(3)4)34(32(21-29)25(5)6)39-37(44)42(23-26-14-15-26)33-22-28-12-10-16-38-35(28)40-36(33)43/h9-13,16,19-22,24-26H,7-8,14-15,17-18,23H2,1-6H3,(H,39,44)(H,38,40,43). The average molecular weight is 610 g/mol. The maximum Gasteiger partial charge on any atom is 0.326 e. The largest absolute Gasteiger partial charge is 0.492 e. The van der Waals surface area contributed by atoms with Crippen LogP contribution in [0.25, 0.3) is 22.2 Å². The number of fused-ring (bicyclic) bond motifs is 1. The first-order chi connectivity index (χ1) is 21.7. The molecule has 0 atom stereocenters. The van der Waals surface area contributed by atoms with Crippen LogP contribution in [0.5, 0.6) is 5.75 Å². The van der Waals surface area contributed by atoms with Gasteiger partial charge in [0.15, 0.2) is 0 Å². The van der Waals surface area contributed by atoms with Crippen molar-refractivity contribution in [3.63, 3.8) is 0 Å². The van der Waals surface area contributed by atoms with Crippen LogP contribution >= 0.6 is 0 Å². The zero-order valence-corrected chi connectivity index (χ0v) is 27.5. The van der Waals surface area contributed by atoms with Crippen molar-refractivity contribution in [1.82, 2.24) is 14.9 Å². The summed E-state index contributed by atoms with van der Waals surface area (Å²) in [5.74, 6) is 1.54. The van der Waals surface area contributed by atoms with Crippen molar-refractivity contribution < 1.29 is 9.53 Å². The minimum Gasteiger partial charge on any atom is -0.492 e. The molecule has 2 amide bonds. The van der Waals surface area contributed by atoms with Gasteiger partial charge >= 0.3 is 6.03 Å². The summed E-state index contributed by atoms with van der Waals surface area (Å²) in [6, 6.07) is 17.8. The minimum atomic E-state index is -0.320. The van der Waals surface area contributed by atoms with Gasteiger partial charge in [0.1, 0.15) is 23.7 Å². The van der Waals surface area contributed by atoms with Crippen LogP contribution in [-0.4, -0.2) is 53.7 Å². The van der Waals surface area contributed by atoms with Gasteiger partial charge in [-0.1, -0.05) is 53.7 Å². The summed E-state index contributed by atoms with van der Waals surface area (Å²) < 4.78 is 6.14. The third-order valence-electron chi connectivity index (χ3n) is 8.68. The molecule has 0 radical (unpaired) electrons. The van der Waals surface area contributed by atoms with Crippen LogP contribution in [0.2, 0.25) is 0 Å². The van der Waals surface area contributed by atoms with Crippen molar-refractivity contribution >= 4 is 28.4 Å². The Morgan fingerprint density at radius 3 is 2.33 bits per heavy atom. The third kappa shape index (κ3) is 7.74. The number of nitrogens with zero attached hydrogens (tertiary/aromatic N) is 3. The number of anilines is 2. The Hall–Kier alpha value is -4.17. The smallest absolute Gasteiger partial charge is 0.326 e. The van der Waals surface area contributed by atoms with Gasteiger partial charge in [-0.15, -0.1) is 0 Å². The number of amides is 2. The molecule has 1 fully saturated rings. The number of H-pyrrole nitrogens is 1. The fraction of sp³-hybridized carbons (Fsp3) is 0.432. The van der Waals surface area contributed by atoms with E-state index in [0.717, 1.165) is 71.6 Å². The molecule has 1 aliphatic rings. The van der Waals surface area contributed by atoms with E-state index in [9.17, 15) is 9.59 Å². The number of aromatic nitrogens is 2. The van der Waals surface area contributed by atoms with E-state index in [1.54, 1.807) is 17.2 Å². The topological polar surface area (TPSA) is 90.6 Å². The van der Waals surface area contributed by atoms with Crippen molar-refractivity contribution in [1.29, 1.82) is 0 Å². The number of carbonyl (C=O) groups is 1. The summed E-state index contributed by atoms with van der Waals surface area (Å²) in [5, 5.41) is 4.06. The lowest BCUT2D eigenvalue weighted by atomic mass is 9.88. The van der Waals surface area contributed by atoms with Gasteiger partial charge in [-0.05, 0) is 108 Å². The number of urea groups is 1. The Morgan fingerprint density at radius 1 is 0.978 bits per heavy atom. The number of aromatic amines is 1. The van der Waals surface area contributed by atoms with Crippen LogP contribution in [0.4, 0.5) is 16.2 Å². The molecule has 2 N–H and O–H groups in total. The number of rotatable bonds is 13. The highest BCUT2D eigenvalue weighted by molar-refractivity contribution is 6.03. The van der Waals surface area contributed by atoms with E-state index < -0.39 is 0 Å². The Bertz CT molecular complexity index is 1660. The summed E-state index contributed by atoms with van der Waals surface area (Å²) in [5.41, 5.74) is 5.62. The number of pyridine rings is 2. The molecule has 0 aliphatic heterocycles. The molecule has 8 nitrogen and oxygen atoms in total. The minimum absolute atomic E-state index is 0.151. The molecule has 2 aromatic heterocycles. The second-order valence-electron chi connectivity index (χ2n) is 12.7. The Kier molecular flexibility index (Phi) is 10.2. The molecule has 238 valence electrons. The van der Waals surface area contributed by atoms with Gasteiger partial charge in [0.2, 0.25) is 0 Å². The van der Waals surface area contributed by atoms with Gasteiger partial charge in [0.05, 0.1) is 0 Å². The maximum atomic E-state index is 14.1. The van der Waals surface area contributed by atoms with Crippen LogP contribution in [0.15, 0.2) is 65.6 Å². The highest BCUT2D eigenvalue weighted by Crippen LogP contribution is 2.39. The summed E-state index contributed by atoms with van der Waals surface area (Å²) in [7, 11) is 0. The Morgan fingerprint density at radius 2 is 1.69 bits per heavy atom. The van der Waals surface area contributed by atoms with E-state index >= 15 is 0 Å². The first-order valence-corrected chi connectivity index (χ1v) is 16.4. The monoisotopic (exact) mass is 609 g/mol. The van der Waals surface area contributed by atoms with Gasteiger partial charge in [0, 0.05) is 30.4 Å². The van der Waals surface area contributed by atoms with Crippen LogP contribution in [-0.2, 0) is 0 Å². The molecule has 0 bridgehead atoms. The zero-order chi connectivity index (χ0) is 32.1. The zero-order valence-electron chi connectivity index (χ0n) is 27.5. The molecule has 1 saturated carbocycles. The normalized spacial score (nSPS) is 13.2. The van der Waals surface area contributed by atoms with Crippen LogP contribution in [0.3, 0.4) is 0 Å². The van der Waals surface area contributed by atoms with Gasteiger partial charge in [-0.2, -0.15) is 0 Å². The number of hydrogen-bond donors (Lipinski definition) is 2. The third-order valence-corrected chi connectivity index (χ3v) is 8.68. The molecule has 45 heavy (non-hydrogen) atoms. The lowest BCUT2D eigenvalue weighted by Gasteiger charge is -2.27. The van der Waals surface area contributed by atoms with Gasteiger partial charge in [-0.25, -0.2) is 9.78 Å². The molecule has 0 saturated heterocycles. The van der Waals surface area contributed by atoms with Crippen LogP contribution < -0.4 is 20.5 Å². The second-order valence-corrected chi connectivity index (χ2v) is 12.7. The molecular formula is C37H47N5O3. The number of ether oxygens (including phenoxy) is 1. The SMILES string of the molecule is CCN(CC)CCOc1cccc(-c2cc(C(C)C)c(NC(=O)N(CC3CC3)c3cc4cccnc4[nH]c3=O)c(C(C)C)c2)c1. The predicted molar refractivity (Wildman–Crippen MR) is 185 cm³/mol. The first-order valence-electron chi connectivity index (χ1n) is 16.4. The molecule has 0 unspecified atom stereocenters. The van der Waals surface area contributed by atoms with E-state index in [4.69, 9.17) is 4.74 Å². The second kappa shape index (κ2) is 14.3. The molecule has 8 heteroatoms. The van der Waals surface area contributed by atoms with Crippen molar-refractivity contribution in [2.75, 3.05) is 43.0 Å². The number of likely N-dealkylation sites (N-methyl/N-ethyl adjacent to an activating group) is 1. The van der Waals surface area contributed by atoms with Gasteiger partial charge in [-0.3, -0.25) is 9.69 Å². The number of hydrogen-bond acceptors (Lipinski definition) is 5. The van der Waals surface area contributed by atoms with Crippen LogP contribution in [0, 0.1) is 5.92 Å². The quantitative estimate of drug-likeness (QED) is 0.160. The molecule has 0 spiro atoms. The summed E-state index contributed by atoms with van der Waals surface area (Å²) >= 11 is 0. The van der Waals surface area contributed by atoms with E-state index in [-0.39, 0.29) is 23.4 Å². The molecular weight excluding hydrogens is 562 g/mol. The fourth-order valence-electron chi connectivity index (χ4n) is 5.75. The summed E-state index contributed by atoms with van der Waals surface area (Å²) in [6.45, 7) is 17.0. The molecule has 1 aliphatic carbocycles. The molecule has 2 heterocycles. The Balaban J connectivity index is 1.47. The number of carbonyl (C=O) groups excluding carboxylic acids is 1. The van der Waals surface area contributed by atoms with Crippen molar-refractivity contribution in [2.45, 2.75) is 66.2 Å². The maximum absolute atomic E-state index is 14.1. The van der Waals surface area contributed by atoms with Crippen molar-refractivity contribution in [2.24, 2.45) is 5.92 Å². The average Bonchev–Trinajstić information content (AvgIpc) is 3.86. The number of benzene rings is 2. The van der Waals surface area contributed by atoms with E-state index in [0.29, 0.717) is 30.4 Å². The molecule has 2 aromatic carbocycles. The predicted octanol–water partition coefficient (Wildman–Crippen LogP) is 8.01. The lowest BCUT2D eigenvalue weighted by molar-refractivity contribution is 0.223. The molecule has 4 aromatic rings. The Labute approximate surface area is 266 Å². The fourth-order valence-corrected chi connectivity index (χ4v) is 5.75. The highest BCUT2D eigenvalue weighted by Gasteiger charge is 2.30. The van der Waals surface area contributed by atoms with E-state index in [1.807, 2.05) is 24.3 Å². The lowest BCUT2D eigenvalue weighted by Crippen LogP contribution is -2.40. The van der Waals surface area contributed by atoms with Crippen LogP contribution in [0.1, 0.15) is 77.3 Å². The summed E-state index contributed by atoms with van der Waals surface area (Å²) in [6.07, 6.45) is 3.75. The summed E-state index contributed by atoms with van der Waals surface area (Å²) in [4.78, 5) is 38.4. The van der Waals surface area contributed by atoms with E-state index in [1.165, 1.54) is 0 Å². The van der Waals surface area contributed by atoms with Crippen molar-refractivity contribution in [3.05, 3.63) is 82.3 Å². The van der Waals surface area contributed by atoms with E-state index in [2.05, 4.69) is 86.0 Å². The van der Waals surface area contributed by atoms with Gasteiger partial charge < -0.3 is 19.9 Å². The van der Waals surface area contributed by atoms with Crippen molar-refractivity contribution in [3.8, 4) is 16.9 Å².